The lowest BCUT2D eigenvalue weighted by Gasteiger charge is -2.44. The summed E-state index contributed by atoms with van der Waals surface area (Å²) >= 11 is 0. The molecule has 304 valence electrons. The summed E-state index contributed by atoms with van der Waals surface area (Å²) in [7, 11) is 0. The van der Waals surface area contributed by atoms with Crippen LogP contribution in [0.3, 0.4) is 0 Å². The molecule has 0 saturated carbocycles. The van der Waals surface area contributed by atoms with Gasteiger partial charge in [0.1, 0.15) is 18.4 Å². The van der Waals surface area contributed by atoms with Crippen LogP contribution in [-0.4, -0.2) is 102 Å². The topological polar surface area (TPSA) is 102 Å². The highest BCUT2D eigenvalue weighted by Crippen LogP contribution is 2.38. The lowest BCUT2D eigenvalue weighted by Crippen LogP contribution is -2.55. The number of fused-ring (bicyclic) bond motifs is 3. The van der Waals surface area contributed by atoms with Crippen molar-refractivity contribution in [1.29, 1.82) is 0 Å². The molecule has 2 bridgehead atoms. The maximum absolute atomic E-state index is 13.5. The van der Waals surface area contributed by atoms with E-state index in [1.807, 2.05) is 12.1 Å². The number of hydrogen-bond donors (Lipinski definition) is 1. The first-order chi connectivity index (χ1) is 28.8. The average molecular weight is 792 g/mol. The third-order valence-electron chi connectivity index (χ3n) is 13.3. The number of amides is 4. The lowest BCUT2D eigenvalue weighted by molar-refractivity contribution is -0.136. The van der Waals surface area contributed by atoms with E-state index >= 15 is 0 Å². The Bertz CT molecular complexity index is 2220. The highest BCUT2D eigenvalue weighted by molar-refractivity contribution is 6.23. The van der Waals surface area contributed by atoms with Gasteiger partial charge in [0.2, 0.25) is 11.8 Å². The summed E-state index contributed by atoms with van der Waals surface area (Å²) in [5.41, 5.74) is 7.88. The number of hydrogen-bond acceptors (Lipinski definition) is 8. The molecule has 10 heteroatoms. The van der Waals surface area contributed by atoms with Gasteiger partial charge in [0.25, 0.3) is 11.8 Å². The number of nitrogens with zero attached hydrogens (tertiary/aromatic N) is 4. The molecule has 59 heavy (non-hydrogen) atoms. The van der Waals surface area contributed by atoms with Gasteiger partial charge >= 0.3 is 0 Å². The Balaban J connectivity index is 0.754. The van der Waals surface area contributed by atoms with Crippen molar-refractivity contribution in [2.75, 3.05) is 50.8 Å². The van der Waals surface area contributed by atoms with Crippen LogP contribution in [0.1, 0.15) is 89.3 Å². The third-order valence-corrected chi connectivity index (χ3v) is 13.3. The van der Waals surface area contributed by atoms with E-state index in [0.717, 1.165) is 62.0 Å². The average Bonchev–Trinajstić information content (AvgIpc) is 3.64. The van der Waals surface area contributed by atoms with Crippen molar-refractivity contribution in [1.82, 2.24) is 20.0 Å². The molecule has 4 amide bonds. The van der Waals surface area contributed by atoms with Crippen molar-refractivity contribution in [3.63, 3.8) is 0 Å². The quantitative estimate of drug-likeness (QED) is 0.122. The first-order valence-electron chi connectivity index (χ1n) is 21.5. The van der Waals surface area contributed by atoms with Crippen LogP contribution in [0.5, 0.6) is 5.75 Å². The number of rotatable bonds is 12. The molecule has 3 atom stereocenters. The molecule has 5 aliphatic heterocycles. The van der Waals surface area contributed by atoms with Gasteiger partial charge < -0.3 is 9.64 Å². The fourth-order valence-electron chi connectivity index (χ4n) is 10.1. The van der Waals surface area contributed by atoms with E-state index in [9.17, 15) is 19.2 Å². The summed E-state index contributed by atoms with van der Waals surface area (Å²) in [5, 5.41) is 2.27. The van der Waals surface area contributed by atoms with E-state index in [0.29, 0.717) is 35.7 Å². The number of allylic oxidation sites excluding steroid dienone is 1. The molecule has 5 aliphatic rings. The van der Waals surface area contributed by atoms with E-state index in [2.05, 4.69) is 112 Å². The molecule has 4 aromatic rings. The second-order valence-corrected chi connectivity index (χ2v) is 16.8. The number of carbonyl (C=O) groups is 4. The molecule has 0 aromatic heterocycles. The zero-order valence-corrected chi connectivity index (χ0v) is 33.9. The molecule has 0 spiro atoms. The Kier molecular flexibility index (Phi) is 11.2. The number of piperidine rings is 2. The van der Waals surface area contributed by atoms with Crippen molar-refractivity contribution in [3.05, 3.63) is 131 Å². The van der Waals surface area contributed by atoms with Crippen molar-refractivity contribution >= 4 is 40.5 Å². The number of carbonyl (C=O) groups excluding carboxylic acids is 4. The summed E-state index contributed by atoms with van der Waals surface area (Å²) < 4.78 is 6.29. The van der Waals surface area contributed by atoms with Crippen LogP contribution in [0.25, 0.3) is 11.1 Å². The molecule has 9 rings (SSSR count). The first kappa shape index (κ1) is 38.9. The predicted molar refractivity (Wildman–Crippen MR) is 229 cm³/mol. The van der Waals surface area contributed by atoms with Crippen LogP contribution in [0.15, 0.2) is 103 Å². The predicted octanol–water partition coefficient (Wildman–Crippen LogP) is 6.90. The smallest absolute Gasteiger partial charge is 0.262 e. The molecule has 1 N–H and O–H groups in total. The van der Waals surface area contributed by atoms with Crippen LogP contribution >= 0.6 is 0 Å². The normalized spacial score (nSPS) is 23.0. The van der Waals surface area contributed by atoms with Crippen LogP contribution in [0.2, 0.25) is 0 Å². The zero-order valence-electron chi connectivity index (χ0n) is 33.9. The van der Waals surface area contributed by atoms with Gasteiger partial charge in [-0.2, -0.15) is 0 Å². The monoisotopic (exact) mass is 791 g/mol. The summed E-state index contributed by atoms with van der Waals surface area (Å²) in [6.07, 6.45) is 5.91. The second kappa shape index (κ2) is 17.0. The fraction of sp³-hybridized carbons (Fsp3) is 0.388. The number of imide groups is 2. The van der Waals surface area contributed by atoms with E-state index in [1.54, 1.807) is 6.07 Å². The highest BCUT2D eigenvalue weighted by Gasteiger charge is 2.46. The Morgan fingerprint density at radius 3 is 2.02 bits per heavy atom. The van der Waals surface area contributed by atoms with E-state index in [4.69, 9.17) is 4.74 Å². The van der Waals surface area contributed by atoms with Gasteiger partial charge in [-0.25, -0.2) is 0 Å². The lowest BCUT2D eigenvalue weighted by atomic mass is 9.88. The molecule has 10 nitrogen and oxygen atoms in total. The second-order valence-electron chi connectivity index (χ2n) is 16.8. The number of piperazine rings is 1. The van der Waals surface area contributed by atoms with Gasteiger partial charge in [-0.15, -0.1) is 0 Å². The first-order valence-corrected chi connectivity index (χ1v) is 21.5. The number of likely N-dealkylation sites (tertiary alicyclic amines) is 1. The number of ether oxygens (including phenoxy) is 1. The summed E-state index contributed by atoms with van der Waals surface area (Å²) in [5.74, 6) is -0.303. The molecule has 4 aromatic carbocycles. The maximum atomic E-state index is 13.5. The number of benzene rings is 4. The summed E-state index contributed by atoms with van der Waals surface area (Å²) in [6.45, 7) is 8.90. The minimum absolute atomic E-state index is 0.109. The van der Waals surface area contributed by atoms with Crippen LogP contribution in [-0.2, 0) is 9.59 Å². The van der Waals surface area contributed by atoms with Crippen LogP contribution in [0.4, 0.5) is 5.69 Å². The van der Waals surface area contributed by atoms with E-state index < -0.39 is 23.8 Å². The van der Waals surface area contributed by atoms with E-state index in [1.165, 1.54) is 53.5 Å². The third kappa shape index (κ3) is 7.96. The molecular formula is C49H53N5O5. The SMILES string of the molecule is CCC(=C(c1ccccc1)c1ccc(OCCN2CCC(CN3C4CCC3CN(c3ccc5c(c3)C(=O)N(C3CCC(=O)NC3=O)C5=O)C4)CC2)cc1)c1ccccc1. The van der Waals surface area contributed by atoms with Crippen molar-refractivity contribution < 1.29 is 23.9 Å². The van der Waals surface area contributed by atoms with Gasteiger partial charge in [0.15, 0.2) is 0 Å². The molecule has 3 unspecified atom stereocenters. The van der Waals surface area contributed by atoms with Gasteiger partial charge in [-0.05, 0) is 116 Å². The van der Waals surface area contributed by atoms with Crippen molar-refractivity contribution in [3.8, 4) is 5.75 Å². The van der Waals surface area contributed by atoms with Gasteiger partial charge in [0, 0.05) is 50.4 Å². The van der Waals surface area contributed by atoms with Crippen LogP contribution < -0.4 is 15.0 Å². The summed E-state index contributed by atoms with van der Waals surface area (Å²) in [6, 6.07) is 35.4. The molecule has 0 radical (unpaired) electrons. The Hall–Kier alpha value is -5.58. The van der Waals surface area contributed by atoms with Crippen molar-refractivity contribution in [2.24, 2.45) is 5.92 Å². The number of nitrogens with one attached hydrogen (secondary N) is 1. The Morgan fingerprint density at radius 2 is 1.36 bits per heavy atom. The zero-order chi connectivity index (χ0) is 40.5. The van der Waals surface area contributed by atoms with Crippen molar-refractivity contribution in [2.45, 2.75) is 70.0 Å². The molecule has 4 fully saturated rings. The largest absolute Gasteiger partial charge is 0.492 e. The fourth-order valence-corrected chi connectivity index (χ4v) is 10.1. The molecular weight excluding hydrogens is 739 g/mol. The maximum Gasteiger partial charge on any atom is 0.262 e. The molecule has 4 saturated heterocycles. The van der Waals surface area contributed by atoms with Gasteiger partial charge in [-0.1, -0.05) is 79.7 Å². The minimum atomic E-state index is -0.955. The Morgan fingerprint density at radius 1 is 0.712 bits per heavy atom. The highest BCUT2D eigenvalue weighted by atomic mass is 16.5. The summed E-state index contributed by atoms with van der Waals surface area (Å²) in [4.78, 5) is 59.6. The standard InChI is InChI=1S/C49H53N5O5/c1-2-41(34-9-5-3-6-10-34)46(35-11-7-4-8-12-35)36-13-18-40(19-14-36)59-28-27-51-25-23-33(24-26-51)30-53-38-15-16-39(53)32-52(31-38)37-17-20-42-43(29-37)49(58)54(48(42)57)44-21-22-45(55)50-47(44)56/h3-14,17-20,29,33,38-39,44H,2,15-16,21-28,30-32H2,1H3,(H,50,55,56). The molecule has 5 heterocycles. The molecule has 0 aliphatic carbocycles. The number of anilines is 1. The Labute approximate surface area is 346 Å². The van der Waals surface area contributed by atoms with Crippen LogP contribution in [0, 0.1) is 5.92 Å². The van der Waals surface area contributed by atoms with Gasteiger partial charge in [-0.3, -0.25) is 39.2 Å². The van der Waals surface area contributed by atoms with E-state index in [-0.39, 0.29) is 18.7 Å². The minimum Gasteiger partial charge on any atom is -0.492 e. The van der Waals surface area contributed by atoms with Gasteiger partial charge in [0.05, 0.1) is 11.1 Å².